The number of nitrogens with two attached hydrogens (primary N) is 1. The van der Waals surface area contributed by atoms with E-state index in [1.165, 1.54) is 0 Å². The van der Waals surface area contributed by atoms with Crippen molar-refractivity contribution in [2.45, 2.75) is 13.3 Å². The molecule has 0 fully saturated rings. The summed E-state index contributed by atoms with van der Waals surface area (Å²) in [5.41, 5.74) is 7.41. The van der Waals surface area contributed by atoms with Crippen LogP contribution in [0.5, 0.6) is 11.5 Å². The van der Waals surface area contributed by atoms with Crippen molar-refractivity contribution in [3.05, 3.63) is 48.0 Å². The summed E-state index contributed by atoms with van der Waals surface area (Å²) in [5.74, 6) is 1.08. The van der Waals surface area contributed by atoms with Gasteiger partial charge in [-0.25, -0.2) is 0 Å². The molecule has 0 bridgehead atoms. The Hall–Kier alpha value is -2.69. The van der Waals surface area contributed by atoms with Crippen LogP contribution in [0.15, 0.2) is 42.5 Å². The Morgan fingerprint density at radius 3 is 2.68 bits per heavy atom. The summed E-state index contributed by atoms with van der Waals surface area (Å²) < 4.78 is 10.6. The molecule has 2 aromatic rings. The van der Waals surface area contributed by atoms with E-state index in [4.69, 9.17) is 15.2 Å². The maximum Gasteiger partial charge on any atom is 0.255 e. The van der Waals surface area contributed by atoms with Gasteiger partial charge in [-0.3, -0.25) is 4.79 Å². The molecule has 0 heterocycles. The molecular weight excluding hydrogens is 280 g/mol. The fraction of sp³-hybridized carbons (Fsp3) is 0.235. The Morgan fingerprint density at radius 2 is 2.00 bits per heavy atom. The number of amides is 1. The average molecular weight is 300 g/mol. The van der Waals surface area contributed by atoms with Gasteiger partial charge >= 0.3 is 0 Å². The van der Waals surface area contributed by atoms with E-state index in [9.17, 15) is 4.79 Å². The second kappa shape index (κ2) is 7.36. The lowest BCUT2D eigenvalue weighted by Gasteiger charge is -2.10. The van der Waals surface area contributed by atoms with E-state index >= 15 is 0 Å². The first-order chi connectivity index (χ1) is 10.6. The number of nitrogens with one attached hydrogen (secondary N) is 1. The molecule has 2 aromatic carbocycles. The van der Waals surface area contributed by atoms with E-state index < -0.39 is 0 Å². The highest BCUT2D eigenvalue weighted by Crippen LogP contribution is 2.25. The van der Waals surface area contributed by atoms with Crippen molar-refractivity contribution in [3.63, 3.8) is 0 Å². The Balaban J connectivity index is 2.12. The minimum Gasteiger partial charge on any atom is -0.497 e. The number of anilines is 2. The minimum absolute atomic E-state index is 0.237. The fourth-order valence-electron chi connectivity index (χ4n) is 1.92. The highest BCUT2D eigenvalue weighted by atomic mass is 16.5. The number of hydrogen-bond acceptors (Lipinski definition) is 4. The second-order valence-corrected chi connectivity index (χ2v) is 4.78. The predicted molar refractivity (Wildman–Crippen MR) is 87.6 cm³/mol. The third-order valence-electron chi connectivity index (χ3n) is 3.08. The van der Waals surface area contributed by atoms with Crippen LogP contribution in [0.2, 0.25) is 0 Å². The highest BCUT2D eigenvalue weighted by molar-refractivity contribution is 6.06. The van der Waals surface area contributed by atoms with Gasteiger partial charge in [0.25, 0.3) is 5.91 Å². The van der Waals surface area contributed by atoms with Gasteiger partial charge in [0.2, 0.25) is 0 Å². The third kappa shape index (κ3) is 3.91. The number of hydrogen-bond donors (Lipinski definition) is 2. The summed E-state index contributed by atoms with van der Waals surface area (Å²) in [4.78, 5) is 12.3. The second-order valence-electron chi connectivity index (χ2n) is 4.78. The molecule has 0 aliphatic carbocycles. The Bertz CT molecular complexity index is 656. The lowest BCUT2D eigenvalue weighted by Crippen LogP contribution is -2.13. The highest BCUT2D eigenvalue weighted by Gasteiger charge is 2.09. The van der Waals surface area contributed by atoms with Crippen molar-refractivity contribution < 1.29 is 14.3 Å². The molecule has 0 aliphatic rings. The number of nitrogen functional groups attached to an aromatic ring is 1. The van der Waals surface area contributed by atoms with E-state index in [0.29, 0.717) is 35.0 Å². The van der Waals surface area contributed by atoms with Crippen molar-refractivity contribution in [3.8, 4) is 11.5 Å². The smallest absolute Gasteiger partial charge is 0.255 e. The number of rotatable bonds is 6. The number of ether oxygens (including phenoxy) is 2. The van der Waals surface area contributed by atoms with Gasteiger partial charge in [-0.1, -0.05) is 13.0 Å². The minimum atomic E-state index is -0.237. The standard InChI is InChI=1S/C17H20N2O3/c1-3-9-22-14-6-4-5-12(10-14)17(20)19-16-8-7-13(21-2)11-15(16)18/h4-8,10-11H,3,9,18H2,1-2H3,(H,19,20). The van der Waals surface area contributed by atoms with Gasteiger partial charge in [-0.05, 0) is 36.8 Å². The van der Waals surface area contributed by atoms with Crippen LogP contribution in [0.1, 0.15) is 23.7 Å². The topological polar surface area (TPSA) is 73.6 Å². The first-order valence-electron chi connectivity index (χ1n) is 7.11. The van der Waals surface area contributed by atoms with E-state index in [-0.39, 0.29) is 5.91 Å². The van der Waals surface area contributed by atoms with Gasteiger partial charge in [0, 0.05) is 11.6 Å². The van der Waals surface area contributed by atoms with Crippen molar-refractivity contribution in [2.24, 2.45) is 0 Å². The molecular formula is C17H20N2O3. The first kappa shape index (κ1) is 15.7. The van der Waals surface area contributed by atoms with Gasteiger partial charge in [-0.2, -0.15) is 0 Å². The molecule has 3 N–H and O–H groups in total. The average Bonchev–Trinajstić information content (AvgIpc) is 2.55. The largest absolute Gasteiger partial charge is 0.497 e. The molecule has 2 rings (SSSR count). The molecule has 0 unspecified atom stereocenters. The normalized spacial score (nSPS) is 10.1. The van der Waals surface area contributed by atoms with E-state index in [0.717, 1.165) is 6.42 Å². The lowest BCUT2D eigenvalue weighted by molar-refractivity contribution is 0.102. The summed E-state index contributed by atoms with van der Waals surface area (Å²) in [6, 6.07) is 12.2. The molecule has 0 saturated carbocycles. The zero-order valence-corrected chi connectivity index (χ0v) is 12.8. The fourth-order valence-corrected chi connectivity index (χ4v) is 1.92. The van der Waals surface area contributed by atoms with E-state index in [2.05, 4.69) is 5.32 Å². The van der Waals surface area contributed by atoms with Crippen molar-refractivity contribution in [2.75, 3.05) is 24.8 Å². The Kier molecular flexibility index (Phi) is 5.25. The quantitative estimate of drug-likeness (QED) is 0.803. The SMILES string of the molecule is CCCOc1cccc(C(=O)Nc2ccc(OC)cc2N)c1. The van der Waals surface area contributed by atoms with Crippen LogP contribution >= 0.6 is 0 Å². The monoisotopic (exact) mass is 300 g/mol. The number of benzene rings is 2. The summed E-state index contributed by atoms with van der Waals surface area (Å²) in [6.07, 6.45) is 0.915. The number of carbonyl (C=O) groups excluding carboxylic acids is 1. The van der Waals surface area contributed by atoms with Gasteiger partial charge in [0.15, 0.2) is 0 Å². The molecule has 0 aliphatic heterocycles. The maximum absolute atomic E-state index is 12.3. The number of methoxy groups -OCH3 is 1. The lowest BCUT2D eigenvalue weighted by atomic mass is 10.2. The number of carbonyl (C=O) groups is 1. The Labute approximate surface area is 130 Å². The van der Waals surface area contributed by atoms with Crippen molar-refractivity contribution in [1.29, 1.82) is 0 Å². The predicted octanol–water partition coefficient (Wildman–Crippen LogP) is 3.32. The van der Waals surface area contributed by atoms with Crippen LogP contribution in [0.4, 0.5) is 11.4 Å². The van der Waals surface area contributed by atoms with Crippen LogP contribution in [0, 0.1) is 0 Å². The Morgan fingerprint density at radius 1 is 1.18 bits per heavy atom. The third-order valence-corrected chi connectivity index (χ3v) is 3.08. The molecule has 0 saturated heterocycles. The molecule has 5 nitrogen and oxygen atoms in total. The van der Waals surface area contributed by atoms with Crippen molar-refractivity contribution >= 4 is 17.3 Å². The van der Waals surface area contributed by atoms with E-state index in [1.54, 1.807) is 43.5 Å². The summed E-state index contributed by atoms with van der Waals surface area (Å²) in [6.45, 7) is 2.65. The summed E-state index contributed by atoms with van der Waals surface area (Å²) in [5, 5.41) is 2.79. The first-order valence-corrected chi connectivity index (χ1v) is 7.11. The molecule has 1 amide bonds. The summed E-state index contributed by atoms with van der Waals surface area (Å²) in [7, 11) is 1.56. The van der Waals surface area contributed by atoms with Crippen LogP contribution in [0.25, 0.3) is 0 Å². The van der Waals surface area contributed by atoms with Crippen LogP contribution in [-0.4, -0.2) is 19.6 Å². The molecule has 0 spiro atoms. The molecule has 0 radical (unpaired) electrons. The summed E-state index contributed by atoms with van der Waals surface area (Å²) >= 11 is 0. The van der Waals surface area contributed by atoms with Crippen LogP contribution < -0.4 is 20.5 Å². The maximum atomic E-state index is 12.3. The molecule has 0 aromatic heterocycles. The van der Waals surface area contributed by atoms with Gasteiger partial charge in [-0.15, -0.1) is 0 Å². The van der Waals surface area contributed by atoms with Gasteiger partial charge < -0.3 is 20.5 Å². The molecule has 116 valence electrons. The molecule has 0 atom stereocenters. The molecule has 5 heteroatoms. The van der Waals surface area contributed by atoms with Gasteiger partial charge in [0.1, 0.15) is 11.5 Å². The zero-order valence-electron chi connectivity index (χ0n) is 12.8. The van der Waals surface area contributed by atoms with Gasteiger partial charge in [0.05, 0.1) is 25.1 Å². The van der Waals surface area contributed by atoms with E-state index in [1.807, 2.05) is 13.0 Å². The zero-order chi connectivity index (χ0) is 15.9. The van der Waals surface area contributed by atoms with Crippen LogP contribution in [-0.2, 0) is 0 Å². The van der Waals surface area contributed by atoms with Crippen LogP contribution in [0.3, 0.4) is 0 Å². The molecule has 22 heavy (non-hydrogen) atoms. The van der Waals surface area contributed by atoms with Crippen molar-refractivity contribution in [1.82, 2.24) is 0 Å².